The van der Waals surface area contributed by atoms with E-state index in [1.807, 2.05) is 13.8 Å². The van der Waals surface area contributed by atoms with Crippen molar-refractivity contribution in [3.8, 4) is 0 Å². The fraction of sp³-hybridized carbons (Fsp3) is 0.692. The van der Waals surface area contributed by atoms with Crippen LogP contribution in [0.2, 0.25) is 0 Å². The highest BCUT2D eigenvalue weighted by Gasteiger charge is 2.29. The Balaban J connectivity index is 1.92. The van der Waals surface area contributed by atoms with Gasteiger partial charge in [-0.2, -0.15) is 0 Å². The van der Waals surface area contributed by atoms with Crippen LogP contribution in [-0.4, -0.2) is 17.6 Å². The number of nitrogens with zero attached hydrogens (tertiary/aromatic N) is 1. The average molecular weight is 332 g/mol. The van der Waals surface area contributed by atoms with Crippen LogP contribution in [0.3, 0.4) is 0 Å². The monoisotopic (exact) mass is 331 g/mol. The third-order valence-corrected chi connectivity index (χ3v) is 5.62. The SMILES string of the molecule is CCOC(=O)[C@H]1CC[C@H](c2nc(C)c(Br)s2)CC1. The zero-order valence-corrected chi connectivity index (χ0v) is 13.1. The van der Waals surface area contributed by atoms with Gasteiger partial charge in [0.05, 0.1) is 27.0 Å². The highest BCUT2D eigenvalue weighted by Crippen LogP contribution is 2.39. The molecule has 1 fully saturated rings. The first kappa shape index (κ1) is 14.0. The number of halogens is 1. The van der Waals surface area contributed by atoms with E-state index in [0.29, 0.717) is 12.5 Å². The first-order chi connectivity index (χ1) is 8.61. The van der Waals surface area contributed by atoms with Gasteiger partial charge in [0.1, 0.15) is 0 Å². The summed E-state index contributed by atoms with van der Waals surface area (Å²) < 4.78 is 6.22. The summed E-state index contributed by atoms with van der Waals surface area (Å²) in [6.07, 6.45) is 3.95. The first-order valence-corrected chi connectivity index (χ1v) is 8.02. The highest BCUT2D eigenvalue weighted by molar-refractivity contribution is 9.11. The van der Waals surface area contributed by atoms with Crippen LogP contribution in [0, 0.1) is 12.8 Å². The number of aryl methyl sites for hydroxylation is 1. The van der Waals surface area contributed by atoms with E-state index in [-0.39, 0.29) is 11.9 Å². The zero-order valence-electron chi connectivity index (χ0n) is 10.7. The molecular weight excluding hydrogens is 314 g/mol. The lowest BCUT2D eigenvalue weighted by atomic mass is 9.82. The van der Waals surface area contributed by atoms with Crippen molar-refractivity contribution in [2.75, 3.05) is 6.61 Å². The predicted molar refractivity (Wildman–Crippen MR) is 75.9 cm³/mol. The Hall–Kier alpha value is -0.420. The van der Waals surface area contributed by atoms with Gasteiger partial charge < -0.3 is 4.74 Å². The first-order valence-electron chi connectivity index (χ1n) is 6.41. The number of ether oxygens (including phenoxy) is 1. The molecule has 1 aliphatic rings. The van der Waals surface area contributed by atoms with Gasteiger partial charge in [0.2, 0.25) is 0 Å². The molecule has 100 valence electrons. The van der Waals surface area contributed by atoms with Gasteiger partial charge in [0.25, 0.3) is 0 Å². The van der Waals surface area contributed by atoms with Crippen molar-refractivity contribution in [3.05, 3.63) is 14.5 Å². The minimum atomic E-state index is -0.0209. The van der Waals surface area contributed by atoms with Crippen molar-refractivity contribution in [2.45, 2.75) is 45.4 Å². The lowest BCUT2D eigenvalue weighted by Crippen LogP contribution is -2.23. The quantitative estimate of drug-likeness (QED) is 0.784. The van der Waals surface area contributed by atoms with E-state index < -0.39 is 0 Å². The predicted octanol–water partition coefficient (Wildman–Crippen LogP) is 4.05. The average Bonchev–Trinajstić information content (AvgIpc) is 2.70. The molecule has 1 saturated carbocycles. The molecule has 1 aliphatic carbocycles. The number of esters is 1. The van der Waals surface area contributed by atoms with Gasteiger partial charge in [-0.05, 0) is 55.5 Å². The molecule has 0 aliphatic heterocycles. The van der Waals surface area contributed by atoms with Crippen LogP contribution in [0.1, 0.15) is 49.2 Å². The van der Waals surface area contributed by atoms with Crippen molar-refractivity contribution in [1.82, 2.24) is 4.98 Å². The number of hydrogen-bond donors (Lipinski definition) is 0. The number of aromatic nitrogens is 1. The molecule has 0 bridgehead atoms. The number of rotatable bonds is 3. The molecule has 1 heterocycles. The third-order valence-electron chi connectivity index (χ3n) is 3.45. The largest absolute Gasteiger partial charge is 0.466 e. The van der Waals surface area contributed by atoms with Gasteiger partial charge in [0, 0.05) is 5.92 Å². The molecule has 0 unspecified atom stereocenters. The zero-order chi connectivity index (χ0) is 13.1. The Morgan fingerprint density at radius 3 is 2.61 bits per heavy atom. The summed E-state index contributed by atoms with van der Waals surface area (Å²) in [4.78, 5) is 16.3. The summed E-state index contributed by atoms with van der Waals surface area (Å²) >= 11 is 5.25. The maximum absolute atomic E-state index is 11.7. The topological polar surface area (TPSA) is 39.2 Å². The standard InChI is InChI=1S/C13H18BrNO2S/c1-3-17-13(16)10-6-4-9(5-7-10)12-15-8(2)11(14)18-12/h9-10H,3-7H2,1-2H3/t9-,10-. The van der Waals surface area contributed by atoms with Gasteiger partial charge >= 0.3 is 5.97 Å². The van der Waals surface area contributed by atoms with Crippen molar-refractivity contribution in [3.63, 3.8) is 0 Å². The normalized spacial score (nSPS) is 23.9. The number of carbonyl (C=O) groups is 1. The van der Waals surface area contributed by atoms with Gasteiger partial charge in [-0.1, -0.05) is 0 Å². The summed E-state index contributed by atoms with van der Waals surface area (Å²) in [5, 5.41) is 1.21. The third kappa shape index (κ3) is 3.12. The minimum Gasteiger partial charge on any atom is -0.466 e. The summed E-state index contributed by atoms with van der Waals surface area (Å²) in [6, 6.07) is 0. The molecule has 0 radical (unpaired) electrons. The van der Waals surface area contributed by atoms with Crippen LogP contribution < -0.4 is 0 Å². The molecule has 1 aromatic rings. The fourth-order valence-electron chi connectivity index (χ4n) is 2.41. The summed E-state index contributed by atoms with van der Waals surface area (Å²) in [5.41, 5.74) is 1.07. The molecule has 3 nitrogen and oxygen atoms in total. The van der Waals surface area contributed by atoms with E-state index in [1.165, 1.54) is 5.01 Å². The summed E-state index contributed by atoms with van der Waals surface area (Å²) in [6.45, 7) is 4.37. The van der Waals surface area contributed by atoms with E-state index in [0.717, 1.165) is 35.2 Å². The van der Waals surface area contributed by atoms with Crippen molar-refractivity contribution in [1.29, 1.82) is 0 Å². The van der Waals surface area contributed by atoms with Gasteiger partial charge in [-0.15, -0.1) is 11.3 Å². The fourth-order valence-corrected chi connectivity index (χ4v) is 3.96. The van der Waals surface area contributed by atoms with Crippen molar-refractivity contribution < 1.29 is 9.53 Å². The Labute approximate surface area is 120 Å². The highest BCUT2D eigenvalue weighted by atomic mass is 79.9. The Morgan fingerprint density at radius 2 is 2.11 bits per heavy atom. The summed E-state index contributed by atoms with van der Waals surface area (Å²) in [5.74, 6) is 0.601. The van der Waals surface area contributed by atoms with E-state index in [4.69, 9.17) is 4.74 Å². The van der Waals surface area contributed by atoms with Crippen molar-refractivity contribution >= 4 is 33.2 Å². The Bertz CT molecular complexity index is 405. The molecule has 5 heteroatoms. The smallest absolute Gasteiger partial charge is 0.308 e. The van der Waals surface area contributed by atoms with Crippen LogP contribution in [-0.2, 0) is 9.53 Å². The molecule has 18 heavy (non-hydrogen) atoms. The van der Waals surface area contributed by atoms with Gasteiger partial charge in [-0.3, -0.25) is 4.79 Å². The number of thiazole rings is 1. The van der Waals surface area contributed by atoms with Crippen LogP contribution in [0.4, 0.5) is 0 Å². The molecule has 0 atom stereocenters. The van der Waals surface area contributed by atoms with E-state index in [2.05, 4.69) is 20.9 Å². The van der Waals surface area contributed by atoms with Crippen LogP contribution in [0.15, 0.2) is 3.79 Å². The second-order valence-electron chi connectivity index (χ2n) is 4.71. The van der Waals surface area contributed by atoms with Crippen LogP contribution in [0.25, 0.3) is 0 Å². The maximum Gasteiger partial charge on any atom is 0.308 e. The molecule has 1 aromatic heterocycles. The Morgan fingerprint density at radius 1 is 1.44 bits per heavy atom. The summed E-state index contributed by atoms with van der Waals surface area (Å²) in [7, 11) is 0. The molecule has 0 aromatic carbocycles. The second-order valence-corrected chi connectivity index (χ2v) is 7.06. The number of carbonyl (C=O) groups excluding carboxylic acids is 1. The van der Waals surface area contributed by atoms with Crippen LogP contribution in [0.5, 0.6) is 0 Å². The molecule has 0 saturated heterocycles. The Kier molecular flexibility index (Phi) is 4.78. The molecule has 2 rings (SSSR count). The lowest BCUT2D eigenvalue weighted by molar-refractivity contribution is -0.149. The van der Waals surface area contributed by atoms with Crippen LogP contribution >= 0.6 is 27.3 Å². The van der Waals surface area contributed by atoms with Gasteiger partial charge in [0.15, 0.2) is 0 Å². The van der Waals surface area contributed by atoms with E-state index in [9.17, 15) is 4.79 Å². The van der Waals surface area contributed by atoms with E-state index in [1.54, 1.807) is 11.3 Å². The van der Waals surface area contributed by atoms with Crippen molar-refractivity contribution in [2.24, 2.45) is 5.92 Å². The molecule has 0 amide bonds. The molecule has 0 N–H and O–H groups in total. The minimum absolute atomic E-state index is 0.0209. The van der Waals surface area contributed by atoms with Gasteiger partial charge in [-0.25, -0.2) is 4.98 Å². The lowest BCUT2D eigenvalue weighted by Gasteiger charge is -2.25. The maximum atomic E-state index is 11.7. The molecule has 0 spiro atoms. The number of hydrogen-bond acceptors (Lipinski definition) is 4. The second kappa shape index (κ2) is 6.15. The van der Waals surface area contributed by atoms with E-state index >= 15 is 0 Å². The molecular formula is C13H18BrNO2S.